The van der Waals surface area contributed by atoms with Crippen molar-refractivity contribution in [3.8, 4) is 6.07 Å². The molecule has 0 heterocycles. The van der Waals surface area contributed by atoms with Crippen molar-refractivity contribution in [2.24, 2.45) is 5.41 Å². The summed E-state index contributed by atoms with van der Waals surface area (Å²) in [5.41, 5.74) is -0.262. The molecule has 0 amide bonds. The minimum Gasteiger partial charge on any atom is -0.384 e. The molecule has 0 spiro atoms. The average molecular weight is 355 g/mol. The van der Waals surface area contributed by atoms with E-state index >= 15 is 0 Å². The molecule has 4 nitrogen and oxygen atoms in total. The minimum absolute atomic E-state index is 0.0464. The van der Waals surface area contributed by atoms with Crippen LogP contribution in [-0.2, 0) is 9.84 Å². The topological polar surface area (TPSA) is 70.0 Å². The Balaban J connectivity index is 3.08. The Morgan fingerprint density at radius 3 is 2.17 bits per heavy atom. The molecule has 0 atom stereocenters. The maximum atomic E-state index is 12.5. The Bertz CT molecular complexity index is 721. The number of hydrogen-bond acceptors (Lipinski definition) is 4. The summed E-state index contributed by atoms with van der Waals surface area (Å²) in [4.78, 5) is -0.271. The zero-order valence-electron chi connectivity index (χ0n) is 14.1. The molecule has 0 unspecified atom stereocenters. The zero-order chi connectivity index (χ0) is 17.9. The van der Waals surface area contributed by atoms with E-state index in [1.54, 1.807) is 6.07 Å². The first-order valence-corrected chi connectivity index (χ1v) is 9.12. The fourth-order valence-corrected chi connectivity index (χ4v) is 3.76. The van der Waals surface area contributed by atoms with Crippen LogP contribution in [0, 0.1) is 16.7 Å². The van der Waals surface area contributed by atoms with Gasteiger partial charge in [0.1, 0.15) is 6.07 Å². The Morgan fingerprint density at radius 1 is 1.22 bits per heavy atom. The van der Waals surface area contributed by atoms with E-state index in [1.807, 2.05) is 13.8 Å². The molecule has 1 aromatic rings. The van der Waals surface area contributed by atoms with Crippen molar-refractivity contribution in [3.63, 3.8) is 0 Å². The van der Waals surface area contributed by atoms with Gasteiger partial charge in [-0.15, -0.1) is 0 Å². The first-order valence-electron chi connectivity index (χ1n) is 7.26. The summed E-state index contributed by atoms with van der Waals surface area (Å²) in [6, 6.07) is 7.53. The molecule has 0 aromatic heterocycles. The molecule has 23 heavy (non-hydrogen) atoms. The highest BCUT2D eigenvalue weighted by Crippen LogP contribution is 2.27. The number of rotatable bonds is 5. The van der Waals surface area contributed by atoms with Crippen LogP contribution in [0.4, 0.5) is 0 Å². The quantitative estimate of drug-likeness (QED) is 0.801. The molecular formula is C17H23ClN2O2S. The number of hydrogen-bond donors (Lipinski definition) is 1. The van der Waals surface area contributed by atoms with Crippen LogP contribution >= 0.6 is 11.6 Å². The highest BCUT2D eigenvalue weighted by atomic mass is 35.5. The van der Waals surface area contributed by atoms with Crippen LogP contribution in [0.3, 0.4) is 0 Å². The molecule has 0 aliphatic heterocycles. The Hall–Kier alpha value is -1.51. The summed E-state index contributed by atoms with van der Waals surface area (Å²) in [5.74, 6) is 0. The molecule has 0 saturated carbocycles. The molecule has 0 saturated heterocycles. The van der Waals surface area contributed by atoms with Crippen LogP contribution in [0.25, 0.3) is 0 Å². The number of nitriles is 1. The molecule has 0 fully saturated rings. The van der Waals surface area contributed by atoms with E-state index in [9.17, 15) is 13.7 Å². The summed E-state index contributed by atoms with van der Waals surface area (Å²) in [5, 5.41) is 12.7. The second-order valence-corrected chi connectivity index (χ2v) is 9.70. The van der Waals surface area contributed by atoms with E-state index < -0.39 is 9.84 Å². The lowest BCUT2D eigenvalue weighted by atomic mass is 9.82. The van der Waals surface area contributed by atoms with E-state index in [0.29, 0.717) is 5.02 Å². The van der Waals surface area contributed by atoms with Crippen LogP contribution in [0.5, 0.6) is 0 Å². The SMILES string of the molecule is CC(C)(C)CC(C)(C)N/C=C(\C#N)S(=O)(=O)c1ccc(Cl)cc1. The van der Waals surface area contributed by atoms with E-state index in [1.165, 1.54) is 30.5 Å². The first kappa shape index (κ1) is 19.5. The van der Waals surface area contributed by atoms with Crippen LogP contribution in [0.2, 0.25) is 5.02 Å². The number of nitrogens with zero attached hydrogens (tertiary/aromatic N) is 1. The van der Waals surface area contributed by atoms with Gasteiger partial charge in [-0.1, -0.05) is 32.4 Å². The first-order chi connectivity index (χ1) is 10.4. The fourth-order valence-electron chi connectivity index (χ4n) is 2.55. The third kappa shape index (κ3) is 5.89. The van der Waals surface area contributed by atoms with Gasteiger partial charge >= 0.3 is 0 Å². The van der Waals surface area contributed by atoms with Gasteiger partial charge in [-0.2, -0.15) is 5.26 Å². The van der Waals surface area contributed by atoms with Crippen LogP contribution in [0.1, 0.15) is 41.0 Å². The summed E-state index contributed by atoms with van der Waals surface area (Å²) in [7, 11) is -3.86. The Kier molecular flexibility index (Phi) is 5.89. The van der Waals surface area contributed by atoms with Gasteiger partial charge < -0.3 is 5.32 Å². The monoisotopic (exact) mass is 354 g/mol. The van der Waals surface area contributed by atoms with Crippen LogP contribution in [0.15, 0.2) is 40.3 Å². The van der Waals surface area contributed by atoms with Gasteiger partial charge in [0, 0.05) is 16.8 Å². The number of nitrogens with one attached hydrogen (secondary N) is 1. The molecule has 1 aromatic carbocycles. The van der Waals surface area contributed by atoms with E-state index in [2.05, 4.69) is 26.1 Å². The number of allylic oxidation sites excluding steroid dienone is 1. The predicted octanol–water partition coefficient (Wildman–Crippen LogP) is 4.28. The Labute approximate surface area is 144 Å². The predicted molar refractivity (Wildman–Crippen MR) is 93.6 cm³/mol. The lowest BCUT2D eigenvalue weighted by molar-refractivity contribution is 0.261. The van der Waals surface area contributed by atoms with Gasteiger partial charge in [-0.3, -0.25) is 0 Å². The molecule has 0 bridgehead atoms. The molecule has 126 valence electrons. The molecule has 0 radical (unpaired) electrons. The van der Waals surface area contributed by atoms with Gasteiger partial charge in [0.2, 0.25) is 9.84 Å². The van der Waals surface area contributed by atoms with Gasteiger partial charge in [-0.05, 0) is 49.9 Å². The maximum absolute atomic E-state index is 12.5. The number of halogens is 1. The standard InChI is InChI=1S/C17H23ClN2O2S/c1-16(2,3)12-17(4,5)20-11-15(10-19)23(21,22)14-8-6-13(18)7-9-14/h6-9,11,20H,12H2,1-5H3/b15-11+. The molecule has 0 aliphatic rings. The third-order valence-corrected chi connectivity index (χ3v) is 5.02. The molecule has 6 heteroatoms. The smallest absolute Gasteiger partial charge is 0.218 e. The zero-order valence-corrected chi connectivity index (χ0v) is 15.7. The molecule has 1 N–H and O–H groups in total. The summed E-state index contributed by atoms with van der Waals surface area (Å²) >= 11 is 5.77. The Morgan fingerprint density at radius 2 is 1.74 bits per heavy atom. The summed E-state index contributed by atoms with van der Waals surface area (Å²) in [6.45, 7) is 10.3. The maximum Gasteiger partial charge on any atom is 0.218 e. The van der Waals surface area contributed by atoms with Crippen molar-refractivity contribution in [2.75, 3.05) is 0 Å². The van der Waals surface area contributed by atoms with Crippen molar-refractivity contribution < 1.29 is 8.42 Å². The second-order valence-electron chi connectivity index (χ2n) is 7.34. The number of sulfone groups is 1. The minimum atomic E-state index is -3.86. The molecule has 1 rings (SSSR count). The normalized spacial score (nSPS) is 13.5. The van der Waals surface area contributed by atoms with E-state index in [0.717, 1.165) is 6.42 Å². The third-order valence-electron chi connectivity index (χ3n) is 3.09. The fraction of sp³-hybridized carbons (Fsp3) is 0.471. The highest BCUT2D eigenvalue weighted by Gasteiger charge is 2.26. The molecule has 0 aliphatic carbocycles. The van der Waals surface area contributed by atoms with Gasteiger partial charge in [0.25, 0.3) is 0 Å². The average Bonchev–Trinajstić information content (AvgIpc) is 2.36. The summed E-state index contributed by atoms with van der Waals surface area (Å²) in [6.07, 6.45) is 2.10. The van der Waals surface area contributed by atoms with Crippen molar-refractivity contribution in [1.29, 1.82) is 5.26 Å². The van der Waals surface area contributed by atoms with Gasteiger partial charge in [0.15, 0.2) is 4.91 Å². The largest absolute Gasteiger partial charge is 0.384 e. The highest BCUT2D eigenvalue weighted by molar-refractivity contribution is 7.95. The van der Waals surface area contributed by atoms with E-state index in [-0.39, 0.29) is 20.8 Å². The lowest BCUT2D eigenvalue weighted by Gasteiger charge is -2.33. The number of benzene rings is 1. The van der Waals surface area contributed by atoms with Crippen LogP contribution < -0.4 is 5.32 Å². The van der Waals surface area contributed by atoms with E-state index in [4.69, 9.17) is 11.6 Å². The van der Waals surface area contributed by atoms with Crippen molar-refractivity contribution in [1.82, 2.24) is 5.32 Å². The van der Waals surface area contributed by atoms with Gasteiger partial charge in [-0.25, -0.2) is 8.42 Å². The van der Waals surface area contributed by atoms with Crippen molar-refractivity contribution in [2.45, 2.75) is 51.5 Å². The van der Waals surface area contributed by atoms with Crippen molar-refractivity contribution >= 4 is 21.4 Å². The summed E-state index contributed by atoms with van der Waals surface area (Å²) < 4.78 is 25.0. The van der Waals surface area contributed by atoms with Gasteiger partial charge in [0.05, 0.1) is 4.90 Å². The van der Waals surface area contributed by atoms with Crippen molar-refractivity contribution in [3.05, 3.63) is 40.4 Å². The second kappa shape index (κ2) is 6.94. The molecular weight excluding hydrogens is 332 g/mol. The lowest BCUT2D eigenvalue weighted by Crippen LogP contribution is -2.39. The van der Waals surface area contributed by atoms with Crippen LogP contribution in [-0.4, -0.2) is 14.0 Å².